The molecule has 1 aromatic carbocycles. The van der Waals surface area contributed by atoms with E-state index < -0.39 is 11.8 Å². The van der Waals surface area contributed by atoms with Gasteiger partial charge < -0.3 is 5.11 Å². The SMILES string of the molecule is Cc1cc(F)cc2c(C(=O)O)c3c(nc12)CCC(C)(C)C3. The van der Waals surface area contributed by atoms with Crippen molar-refractivity contribution in [1.82, 2.24) is 4.98 Å². The van der Waals surface area contributed by atoms with E-state index >= 15 is 0 Å². The Morgan fingerprint density at radius 1 is 1.38 bits per heavy atom. The second kappa shape index (κ2) is 4.52. The number of aromatic carboxylic acids is 1. The van der Waals surface area contributed by atoms with Gasteiger partial charge in [-0.1, -0.05) is 13.8 Å². The Balaban J connectivity index is 2.41. The molecule has 2 aromatic rings. The fraction of sp³-hybridized carbons (Fsp3) is 0.412. The predicted molar refractivity (Wildman–Crippen MR) is 79.2 cm³/mol. The van der Waals surface area contributed by atoms with Gasteiger partial charge in [0.1, 0.15) is 5.82 Å². The maximum Gasteiger partial charge on any atom is 0.336 e. The molecule has 1 aliphatic carbocycles. The average Bonchev–Trinajstić information content (AvgIpc) is 2.35. The lowest BCUT2D eigenvalue weighted by Gasteiger charge is -2.32. The number of fused-ring (bicyclic) bond motifs is 2. The first-order chi connectivity index (χ1) is 9.78. The van der Waals surface area contributed by atoms with Gasteiger partial charge in [-0.2, -0.15) is 0 Å². The zero-order valence-electron chi connectivity index (χ0n) is 12.5. The molecule has 0 fully saturated rings. The molecule has 3 nitrogen and oxygen atoms in total. The zero-order chi connectivity index (χ0) is 15.4. The highest BCUT2D eigenvalue weighted by Crippen LogP contribution is 2.38. The number of carbonyl (C=O) groups is 1. The maximum atomic E-state index is 13.7. The lowest BCUT2D eigenvalue weighted by atomic mass is 9.74. The topological polar surface area (TPSA) is 50.2 Å². The molecule has 1 N–H and O–H groups in total. The highest BCUT2D eigenvalue weighted by molar-refractivity contribution is 6.05. The first-order valence-electron chi connectivity index (χ1n) is 7.13. The molecule has 0 amide bonds. The first-order valence-corrected chi connectivity index (χ1v) is 7.13. The smallest absolute Gasteiger partial charge is 0.336 e. The first kappa shape index (κ1) is 14.0. The van der Waals surface area contributed by atoms with Crippen LogP contribution in [0.3, 0.4) is 0 Å². The van der Waals surface area contributed by atoms with Crippen LogP contribution >= 0.6 is 0 Å². The van der Waals surface area contributed by atoms with E-state index in [0.717, 1.165) is 24.1 Å². The molecule has 0 atom stereocenters. The van der Waals surface area contributed by atoms with E-state index in [1.54, 1.807) is 6.92 Å². The molecular weight excluding hydrogens is 269 g/mol. The molecule has 1 aromatic heterocycles. The molecule has 1 aliphatic rings. The molecule has 3 rings (SSSR count). The van der Waals surface area contributed by atoms with Crippen LogP contribution in [-0.4, -0.2) is 16.1 Å². The number of aromatic nitrogens is 1. The minimum atomic E-state index is -0.999. The van der Waals surface area contributed by atoms with Crippen molar-refractivity contribution in [3.05, 3.63) is 40.3 Å². The zero-order valence-corrected chi connectivity index (χ0v) is 12.5. The second-order valence-electron chi connectivity index (χ2n) is 6.68. The summed E-state index contributed by atoms with van der Waals surface area (Å²) in [6.45, 7) is 6.02. The molecule has 4 heteroatoms. The lowest BCUT2D eigenvalue weighted by molar-refractivity contribution is 0.0696. The summed E-state index contributed by atoms with van der Waals surface area (Å²) in [6, 6.07) is 2.70. The van der Waals surface area contributed by atoms with Crippen molar-refractivity contribution >= 4 is 16.9 Å². The third kappa shape index (κ3) is 2.28. The van der Waals surface area contributed by atoms with E-state index in [0.29, 0.717) is 22.9 Å². The number of halogens is 1. The van der Waals surface area contributed by atoms with Crippen molar-refractivity contribution in [2.24, 2.45) is 5.41 Å². The van der Waals surface area contributed by atoms with Crippen LogP contribution in [0.2, 0.25) is 0 Å². The Kier molecular flexibility index (Phi) is 3.01. The highest BCUT2D eigenvalue weighted by atomic mass is 19.1. The molecule has 0 unspecified atom stereocenters. The number of carboxylic acids is 1. The summed E-state index contributed by atoms with van der Waals surface area (Å²) < 4.78 is 13.7. The van der Waals surface area contributed by atoms with Crippen LogP contribution < -0.4 is 0 Å². The summed E-state index contributed by atoms with van der Waals surface area (Å²) in [4.78, 5) is 16.4. The van der Waals surface area contributed by atoms with Gasteiger partial charge in [0, 0.05) is 11.1 Å². The van der Waals surface area contributed by atoms with Crippen LogP contribution in [-0.2, 0) is 12.8 Å². The van der Waals surface area contributed by atoms with Gasteiger partial charge in [0.05, 0.1) is 11.1 Å². The number of pyridine rings is 1. The van der Waals surface area contributed by atoms with Gasteiger partial charge in [-0.3, -0.25) is 4.98 Å². The summed E-state index contributed by atoms with van der Waals surface area (Å²) in [7, 11) is 0. The van der Waals surface area contributed by atoms with Gasteiger partial charge >= 0.3 is 5.97 Å². The van der Waals surface area contributed by atoms with Crippen molar-refractivity contribution in [2.75, 3.05) is 0 Å². The van der Waals surface area contributed by atoms with Gasteiger partial charge in [-0.25, -0.2) is 9.18 Å². The third-order valence-electron chi connectivity index (χ3n) is 4.34. The highest BCUT2D eigenvalue weighted by Gasteiger charge is 2.31. The van der Waals surface area contributed by atoms with E-state index in [9.17, 15) is 14.3 Å². The van der Waals surface area contributed by atoms with Crippen molar-refractivity contribution in [2.45, 2.75) is 40.0 Å². The quantitative estimate of drug-likeness (QED) is 0.865. The van der Waals surface area contributed by atoms with Crippen molar-refractivity contribution in [3.8, 4) is 0 Å². The summed E-state index contributed by atoms with van der Waals surface area (Å²) >= 11 is 0. The largest absolute Gasteiger partial charge is 0.478 e. The van der Waals surface area contributed by atoms with Gasteiger partial charge in [0.15, 0.2) is 0 Å². The van der Waals surface area contributed by atoms with Crippen LogP contribution in [0.1, 0.15) is 47.4 Å². The third-order valence-corrected chi connectivity index (χ3v) is 4.34. The predicted octanol–water partition coefficient (Wildman–Crippen LogP) is 3.90. The summed E-state index contributed by atoms with van der Waals surface area (Å²) in [5.74, 6) is -1.42. The molecule has 0 radical (unpaired) electrons. The van der Waals surface area contributed by atoms with Crippen molar-refractivity contribution in [1.29, 1.82) is 0 Å². The van der Waals surface area contributed by atoms with Crippen molar-refractivity contribution in [3.63, 3.8) is 0 Å². The van der Waals surface area contributed by atoms with Crippen molar-refractivity contribution < 1.29 is 14.3 Å². The van der Waals surface area contributed by atoms with Gasteiger partial charge in [0.2, 0.25) is 0 Å². The molecular formula is C17H18FNO2. The Hall–Kier alpha value is -1.97. The number of benzene rings is 1. The second-order valence-corrected chi connectivity index (χ2v) is 6.68. The van der Waals surface area contributed by atoms with Gasteiger partial charge in [0.25, 0.3) is 0 Å². The number of hydrogen-bond donors (Lipinski definition) is 1. The van der Waals surface area contributed by atoms with Crippen LogP contribution in [0.15, 0.2) is 12.1 Å². The Morgan fingerprint density at radius 2 is 2.10 bits per heavy atom. The van der Waals surface area contributed by atoms with E-state index in [4.69, 9.17) is 0 Å². The summed E-state index contributed by atoms with van der Waals surface area (Å²) in [5, 5.41) is 10.1. The molecule has 110 valence electrons. The van der Waals surface area contributed by atoms with Crippen LogP contribution in [0.25, 0.3) is 10.9 Å². The van der Waals surface area contributed by atoms with E-state index in [-0.39, 0.29) is 11.0 Å². The number of hydrogen-bond acceptors (Lipinski definition) is 2. The molecule has 1 heterocycles. The standard InChI is InChI=1S/C17H18FNO2/c1-9-6-10(18)7-11-14(16(20)21)12-8-17(2,3)5-4-13(12)19-15(9)11/h6-7H,4-5,8H2,1-3H3,(H,20,21). The van der Waals surface area contributed by atoms with E-state index in [2.05, 4.69) is 18.8 Å². The monoisotopic (exact) mass is 287 g/mol. The minimum absolute atomic E-state index is 0.0505. The molecule has 0 saturated carbocycles. The Labute approximate surface area is 122 Å². The van der Waals surface area contributed by atoms with Gasteiger partial charge in [-0.15, -0.1) is 0 Å². The number of rotatable bonds is 1. The number of carboxylic acid groups (broad SMARTS) is 1. The normalized spacial score (nSPS) is 16.8. The van der Waals surface area contributed by atoms with Gasteiger partial charge in [-0.05, 0) is 54.9 Å². The minimum Gasteiger partial charge on any atom is -0.478 e. The lowest BCUT2D eigenvalue weighted by Crippen LogP contribution is -2.25. The van der Waals surface area contributed by atoms with Crippen LogP contribution in [0.5, 0.6) is 0 Å². The summed E-state index contributed by atoms with van der Waals surface area (Å²) in [5.41, 5.74) is 3.19. The number of nitrogens with zero attached hydrogens (tertiary/aromatic N) is 1. The fourth-order valence-corrected chi connectivity index (χ4v) is 3.25. The molecule has 0 aliphatic heterocycles. The van der Waals surface area contributed by atoms with E-state index in [1.807, 2.05) is 0 Å². The average molecular weight is 287 g/mol. The molecule has 0 bridgehead atoms. The van der Waals surface area contributed by atoms with E-state index in [1.165, 1.54) is 12.1 Å². The molecule has 21 heavy (non-hydrogen) atoms. The Morgan fingerprint density at radius 3 is 2.76 bits per heavy atom. The molecule has 0 spiro atoms. The van der Waals surface area contributed by atoms with Crippen LogP contribution in [0, 0.1) is 18.2 Å². The number of aryl methyl sites for hydroxylation is 2. The molecule has 0 saturated heterocycles. The Bertz CT molecular complexity index is 765. The van der Waals surface area contributed by atoms with Crippen LogP contribution in [0.4, 0.5) is 4.39 Å². The fourth-order valence-electron chi connectivity index (χ4n) is 3.25. The summed E-state index contributed by atoms with van der Waals surface area (Å²) in [6.07, 6.45) is 2.43. The maximum absolute atomic E-state index is 13.7.